The van der Waals surface area contributed by atoms with Crippen LogP contribution >= 0.6 is 0 Å². The minimum Gasteiger partial charge on any atom is -0.338 e. The van der Waals surface area contributed by atoms with Crippen LogP contribution < -0.4 is 5.32 Å². The first-order valence-corrected chi connectivity index (χ1v) is 7.49. The highest BCUT2D eigenvalue weighted by atomic mass is 16.2. The summed E-state index contributed by atoms with van der Waals surface area (Å²) >= 11 is 0. The van der Waals surface area contributed by atoms with E-state index in [4.69, 9.17) is 0 Å². The van der Waals surface area contributed by atoms with Gasteiger partial charge in [0.25, 0.3) is 5.91 Å². The van der Waals surface area contributed by atoms with E-state index in [1.165, 1.54) is 0 Å². The van der Waals surface area contributed by atoms with Crippen LogP contribution in [0.5, 0.6) is 0 Å². The van der Waals surface area contributed by atoms with Crippen molar-refractivity contribution in [1.82, 2.24) is 15.2 Å². The summed E-state index contributed by atoms with van der Waals surface area (Å²) in [4.78, 5) is 19.2. The van der Waals surface area contributed by atoms with Crippen LogP contribution in [0.15, 0.2) is 30.3 Å². The molecule has 1 aromatic carbocycles. The number of nitrogens with zero attached hydrogens (tertiary/aromatic N) is 2. The van der Waals surface area contributed by atoms with Crippen LogP contribution in [0.2, 0.25) is 0 Å². The largest absolute Gasteiger partial charge is 0.338 e. The van der Waals surface area contributed by atoms with Crippen molar-refractivity contribution in [3.8, 4) is 0 Å². The van der Waals surface area contributed by atoms with Crippen molar-refractivity contribution in [3.05, 3.63) is 41.6 Å². The number of carbonyl (C=O) groups excluding carboxylic acids is 1. The summed E-state index contributed by atoms with van der Waals surface area (Å²) in [7, 11) is 1.96. The van der Waals surface area contributed by atoms with Gasteiger partial charge in [-0.15, -0.1) is 0 Å². The van der Waals surface area contributed by atoms with E-state index >= 15 is 0 Å². The second-order valence-electron chi connectivity index (χ2n) is 5.78. The molecule has 1 aliphatic heterocycles. The average Bonchev–Trinajstić information content (AvgIpc) is 2.95. The van der Waals surface area contributed by atoms with Crippen molar-refractivity contribution < 1.29 is 4.79 Å². The minimum absolute atomic E-state index is 0.115. The third kappa shape index (κ3) is 2.76. The summed E-state index contributed by atoms with van der Waals surface area (Å²) in [6.07, 6.45) is 1.08. The Morgan fingerprint density at radius 3 is 3.05 bits per heavy atom. The molecule has 1 aliphatic rings. The second kappa shape index (κ2) is 5.82. The molecular weight excluding hydrogens is 262 g/mol. The molecule has 0 spiro atoms. The molecule has 0 aliphatic carbocycles. The van der Waals surface area contributed by atoms with Crippen molar-refractivity contribution in [3.63, 3.8) is 0 Å². The summed E-state index contributed by atoms with van der Waals surface area (Å²) in [6, 6.07) is 9.92. The normalized spacial score (nSPS) is 18.4. The number of likely N-dealkylation sites (tertiary alicyclic amines) is 1. The van der Waals surface area contributed by atoms with Gasteiger partial charge in [-0.25, -0.2) is 0 Å². The Hall–Kier alpha value is -1.94. The molecule has 1 saturated heterocycles. The predicted molar refractivity (Wildman–Crippen MR) is 84.4 cm³/mol. The fourth-order valence-electron chi connectivity index (χ4n) is 3.07. The number of hydrogen-bond acceptors (Lipinski definition) is 3. The van der Waals surface area contributed by atoms with Gasteiger partial charge in [0.15, 0.2) is 0 Å². The molecule has 21 heavy (non-hydrogen) atoms. The van der Waals surface area contributed by atoms with Crippen molar-refractivity contribution in [2.75, 3.05) is 26.7 Å². The van der Waals surface area contributed by atoms with Gasteiger partial charge in [-0.2, -0.15) is 0 Å². The molecule has 1 amide bonds. The van der Waals surface area contributed by atoms with Crippen molar-refractivity contribution >= 4 is 16.8 Å². The quantitative estimate of drug-likeness (QED) is 0.939. The lowest BCUT2D eigenvalue weighted by Gasteiger charge is -2.18. The first-order chi connectivity index (χ1) is 10.2. The summed E-state index contributed by atoms with van der Waals surface area (Å²) in [5, 5.41) is 4.22. The zero-order valence-corrected chi connectivity index (χ0v) is 12.6. The molecular formula is C17H21N3O. The number of benzene rings is 1. The smallest absolute Gasteiger partial charge is 0.255 e. The highest BCUT2D eigenvalue weighted by Crippen LogP contribution is 2.22. The Bertz CT molecular complexity index is 668. The molecule has 2 heterocycles. The van der Waals surface area contributed by atoms with Crippen LogP contribution in [0, 0.1) is 12.8 Å². The van der Waals surface area contributed by atoms with Gasteiger partial charge in [-0.1, -0.05) is 18.2 Å². The lowest BCUT2D eigenvalue weighted by atomic mass is 10.1. The summed E-state index contributed by atoms with van der Waals surface area (Å²) in [5.74, 6) is 0.678. The molecule has 1 fully saturated rings. The summed E-state index contributed by atoms with van der Waals surface area (Å²) in [6.45, 7) is 4.57. The van der Waals surface area contributed by atoms with Crippen LogP contribution in [0.3, 0.4) is 0 Å². The van der Waals surface area contributed by atoms with E-state index in [0.717, 1.165) is 48.2 Å². The number of pyridine rings is 1. The number of aromatic nitrogens is 1. The zero-order chi connectivity index (χ0) is 14.8. The fraction of sp³-hybridized carbons (Fsp3) is 0.412. The number of fused-ring (bicyclic) bond motifs is 1. The van der Waals surface area contributed by atoms with Crippen LogP contribution in [-0.4, -0.2) is 42.5 Å². The van der Waals surface area contributed by atoms with Crippen LogP contribution in [-0.2, 0) is 0 Å². The number of hydrogen-bond donors (Lipinski definition) is 1. The van der Waals surface area contributed by atoms with Gasteiger partial charge >= 0.3 is 0 Å². The Balaban J connectivity index is 1.86. The lowest BCUT2D eigenvalue weighted by Crippen LogP contribution is -2.31. The highest BCUT2D eigenvalue weighted by Gasteiger charge is 2.27. The van der Waals surface area contributed by atoms with E-state index in [0.29, 0.717) is 5.92 Å². The molecule has 3 rings (SSSR count). The van der Waals surface area contributed by atoms with Gasteiger partial charge in [0.05, 0.1) is 16.8 Å². The van der Waals surface area contributed by atoms with Crippen LogP contribution in [0.1, 0.15) is 22.5 Å². The Labute approximate surface area is 125 Å². The first kappa shape index (κ1) is 14.0. The topological polar surface area (TPSA) is 45.2 Å². The van der Waals surface area contributed by atoms with E-state index < -0.39 is 0 Å². The Morgan fingerprint density at radius 2 is 2.24 bits per heavy atom. The molecule has 0 bridgehead atoms. The molecule has 4 heteroatoms. The van der Waals surface area contributed by atoms with Crippen LogP contribution in [0.4, 0.5) is 0 Å². The van der Waals surface area contributed by atoms with E-state index in [1.54, 1.807) is 0 Å². The third-order valence-corrected chi connectivity index (χ3v) is 4.21. The number of carbonyl (C=O) groups is 1. The van der Waals surface area contributed by atoms with E-state index in [-0.39, 0.29) is 5.91 Å². The standard InChI is InChI=1S/C17H21N3O/c1-12-15(9-14-5-3-4-6-16(14)19-12)17(21)20-8-7-13(11-20)10-18-2/h3-6,9,13,18H,7-8,10-11H2,1-2H3/t13-/m0/s1. The monoisotopic (exact) mass is 283 g/mol. The van der Waals surface area contributed by atoms with E-state index in [2.05, 4.69) is 10.3 Å². The fourth-order valence-corrected chi connectivity index (χ4v) is 3.07. The molecule has 1 N–H and O–H groups in total. The SMILES string of the molecule is CNC[C@@H]1CCN(C(=O)c2cc3ccccc3nc2C)C1. The van der Waals surface area contributed by atoms with Gasteiger partial charge < -0.3 is 10.2 Å². The summed E-state index contributed by atoms with van der Waals surface area (Å²) < 4.78 is 0. The van der Waals surface area contributed by atoms with Crippen molar-refractivity contribution in [1.29, 1.82) is 0 Å². The number of nitrogens with one attached hydrogen (secondary N) is 1. The maximum Gasteiger partial charge on any atom is 0.255 e. The van der Waals surface area contributed by atoms with E-state index in [1.807, 2.05) is 49.2 Å². The van der Waals surface area contributed by atoms with Gasteiger partial charge in [0, 0.05) is 18.5 Å². The summed E-state index contributed by atoms with van der Waals surface area (Å²) in [5.41, 5.74) is 2.50. The van der Waals surface area contributed by atoms with Crippen molar-refractivity contribution in [2.24, 2.45) is 5.92 Å². The maximum atomic E-state index is 12.7. The first-order valence-electron chi connectivity index (χ1n) is 7.49. The third-order valence-electron chi connectivity index (χ3n) is 4.21. The molecule has 0 radical (unpaired) electrons. The highest BCUT2D eigenvalue weighted by molar-refractivity contribution is 5.98. The van der Waals surface area contributed by atoms with Gasteiger partial charge in [-0.05, 0) is 45.0 Å². The maximum absolute atomic E-state index is 12.7. The lowest BCUT2D eigenvalue weighted by molar-refractivity contribution is 0.0786. The molecule has 0 saturated carbocycles. The Kier molecular flexibility index (Phi) is 3.88. The number of para-hydroxylation sites is 1. The minimum atomic E-state index is 0.115. The second-order valence-corrected chi connectivity index (χ2v) is 5.78. The molecule has 4 nitrogen and oxygen atoms in total. The molecule has 2 aromatic rings. The molecule has 1 atom stereocenters. The average molecular weight is 283 g/mol. The predicted octanol–water partition coefficient (Wildman–Crippen LogP) is 2.22. The molecule has 110 valence electrons. The zero-order valence-electron chi connectivity index (χ0n) is 12.6. The number of aryl methyl sites for hydroxylation is 1. The number of rotatable bonds is 3. The number of amides is 1. The Morgan fingerprint density at radius 1 is 1.43 bits per heavy atom. The van der Waals surface area contributed by atoms with Gasteiger partial charge in [-0.3, -0.25) is 9.78 Å². The molecule has 1 aromatic heterocycles. The van der Waals surface area contributed by atoms with Crippen molar-refractivity contribution in [2.45, 2.75) is 13.3 Å². The van der Waals surface area contributed by atoms with Crippen LogP contribution in [0.25, 0.3) is 10.9 Å². The van der Waals surface area contributed by atoms with E-state index in [9.17, 15) is 4.79 Å². The molecule has 0 unspecified atom stereocenters. The van der Waals surface area contributed by atoms with Gasteiger partial charge in [0.1, 0.15) is 0 Å². The van der Waals surface area contributed by atoms with Gasteiger partial charge in [0.2, 0.25) is 0 Å².